The van der Waals surface area contributed by atoms with Crippen LogP contribution >= 0.6 is 23.2 Å². The lowest BCUT2D eigenvalue weighted by atomic mass is 10.1. The summed E-state index contributed by atoms with van der Waals surface area (Å²) in [6, 6.07) is 10.0. The Balaban J connectivity index is 1.88. The summed E-state index contributed by atoms with van der Waals surface area (Å²) in [5.74, 6) is 0.620. The summed E-state index contributed by atoms with van der Waals surface area (Å²) in [7, 11) is -2.10. The van der Waals surface area contributed by atoms with Crippen LogP contribution in [0.1, 0.15) is 17.2 Å². The van der Waals surface area contributed by atoms with E-state index in [0.717, 1.165) is 5.56 Å². The highest BCUT2D eigenvalue weighted by Crippen LogP contribution is 2.31. The zero-order valence-electron chi connectivity index (χ0n) is 14.4. The van der Waals surface area contributed by atoms with Crippen molar-refractivity contribution in [3.8, 4) is 5.75 Å². The molecule has 0 spiro atoms. The van der Waals surface area contributed by atoms with Crippen LogP contribution in [0, 0.1) is 6.92 Å². The van der Waals surface area contributed by atoms with E-state index < -0.39 is 16.1 Å². The molecule has 8 heteroatoms. The number of halogens is 2. The summed E-state index contributed by atoms with van der Waals surface area (Å²) >= 11 is 12.1. The lowest BCUT2D eigenvalue weighted by molar-refractivity contribution is -0.00255. The molecule has 0 amide bonds. The summed E-state index contributed by atoms with van der Waals surface area (Å²) in [5, 5.41) is 0.976. The van der Waals surface area contributed by atoms with Crippen molar-refractivity contribution in [3.05, 3.63) is 57.6 Å². The molecule has 0 radical (unpaired) electrons. The van der Waals surface area contributed by atoms with Crippen molar-refractivity contribution in [3.63, 3.8) is 0 Å². The first kappa shape index (κ1) is 19.5. The van der Waals surface area contributed by atoms with Gasteiger partial charge in [-0.2, -0.15) is 4.31 Å². The SMILES string of the molecule is COc1ccc(S(=O)(=O)N2CCOC(c3cc(Cl)cc(Cl)c3)C2)c(C)c1. The van der Waals surface area contributed by atoms with Crippen molar-refractivity contribution in [1.29, 1.82) is 0 Å². The predicted molar refractivity (Wildman–Crippen MR) is 102 cm³/mol. The number of rotatable bonds is 4. The van der Waals surface area contributed by atoms with Gasteiger partial charge in [-0.1, -0.05) is 23.2 Å². The Morgan fingerprint density at radius 2 is 1.85 bits per heavy atom. The number of ether oxygens (including phenoxy) is 2. The molecule has 0 saturated carbocycles. The second kappa shape index (κ2) is 7.74. The first-order valence-electron chi connectivity index (χ1n) is 8.03. The number of methoxy groups -OCH3 is 1. The maximum Gasteiger partial charge on any atom is 0.243 e. The van der Waals surface area contributed by atoms with Gasteiger partial charge in [-0.05, 0) is 54.4 Å². The molecule has 1 aliphatic rings. The largest absolute Gasteiger partial charge is 0.497 e. The van der Waals surface area contributed by atoms with Crippen LogP contribution in [-0.2, 0) is 14.8 Å². The van der Waals surface area contributed by atoms with Gasteiger partial charge >= 0.3 is 0 Å². The maximum atomic E-state index is 13.1. The predicted octanol–water partition coefficient (Wildman–Crippen LogP) is 4.07. The minimum atomic E-state index is -3.65. The summed E-state index contributed by atoms with van der Waals surface area (Å²) in [4.78, 5) is 0.267. The lowest BCUT2D eigenvalue weighted by Crippen LogP contribution is -2.42. The van der Waals surface area contributed by atoms with Crippen LogP contribution in [0.3, 0.4) is 0 Å². The van der Waals surface area contributed by atoms with Crippen LogP contribution in [0.5, 0.6) is 5.75 Å². The fourth-order valence-electron chi connectivity index (χ4n) is 2.98. The van der Waals surface area contributed by atoms with Crippen LogP contribution < -0.4 is 4.74 Å². The van der Waals surface area contributed by atoms with E-state index in [1.807, 2.05) is 0 Å². The van der Waals surface area contributed by atoms with Crippen molar-refractivity contribution in [1.82, 2.24) is 4.31 Å². The number of morpholine rings is 1. The van der Waals surface area contributed by atoms with Gasteiger partial charge in [0.15, 0.2) is 0 Å². The number of aryl methyl sites for hydroxylation is 1. The highest BCUT2D eigenvalue weighted by Gasteiger charge is 2.32. The molecule has 1 saturated heterocycles. The van der Waals surface area contributed by atoms with E-state index in [0.29, 0.717) is 34.5 Å². The molecule has 0 aromatic heterocycles. The van der Waals surface area contributed by atoms with Gasteiger partial charge in [0.05, 0.1) is 24.7 Å². The molecule has 5 nitrogen and oxygen atoms in total. The Morgan fingerprint density at radius 1 is 1.15 bits per heavy atom. The third-order valence-corrected chi connectivity index (χ3v) is 6.75. The van der Waals surface area contributed by atoms with Gasteiger partial charge in [0.1, 0.15) is 5.75 Å². The molecule has 1 unspecified atom stereocenters. The molecule has 140 valence electrons. The Bertz CT molecular complexity index is 897. The number of hydrogen-bond acceptors (Lipinski definition) is 4. The first-order chi connectivity index (χ1) is 12.3. The smallest absolute Gasteiger partial charge is 0.243 e. The van der Waals surface area contributed by atoms with Crippen molar-refractivity contribution in [2.75, 3.05) is 26.8 Å². The lowest BCUT2D eigenvalue weighted by Gasteiger charge is -2.33. The fraction of sp³-hybridized carbons (Fsp3) is 0.333. The van der Waals surface area contributed by atoms with Gasteiger partial charge < -0.3 is 9.47 Å². The van der Waals surface area contributed by atoms with E-state index in [9.17, 15) is 8.42 Å². The standard InChI is InChI=1S/C18H19Cl2NO4S/c1-12-7-16(24-2)3-4-18(12)26(22,23)21-5-6-25-17(11-21)13-8-14(19)10-15(20)9-13/h3-4,7-10,17H,5-6,11H2,1-2H3. The zero-order valence-corrected chi connectivity index (χ0v) is 16.7. The van der Waals surface area contributed by atoms with E-state index >= 15 is 0 Å². The summed E-state index contributed by atoms with van der Waals surface area (Å²) < 4.78 is 38.5. The van der Waals surface area contributed by atoms with E-state index in [1.54, 1.807) is 50.4 Å². The van der Waals surface area contributed by atoms with Crippen LogP contribution in [-0.4, -0.2) is 39.5 Å². The van der Waals surface area contributed by atoms with Crippen LogP contribution in [0.15, 0.2) is 41.3 Å². The van der Waals surface area contributed by atoms with Crippen LogP contribution in [0.4, 0.5) is 0 Å². The molecule has 0 aliphatic carbocycles. The van der Waals surface area contributed by atoms with E-state index in [4.69, 9.17) is 32.7 Å². The average Bonchev–Trinajstić information content (AvgIpc) is 2.60. The topological polar surface area (TPSA) is 55.8 Å². The normalized spacial score (nSPS) is 18.7. The molecule has 1 aliphatic heterocycles. The number of sulfonamides is 1. The van der Waals surface area contributed by atoms with Crippen molar-refractivity contribution in [2.24, 2.45) is 0 Å². The molecule has 0 N–H and O–H groups in total. The minimum absolute atomic E-state index is 0.199. The summed E-state index contributed by atoms with van der Waals surface area (Å²) in [5.41, 5.74) is 1.40. The Kier molecular flexibility index (Phi) is 5.79. The molecule has 0 bridgehead atoms. The molecule has 1 atom stereocenters. The number of nitrogens with zero attached hydrogens (tertiary/aromatic N) is 1. The van der Waals surface area contributed by atoms with E-state index in [-0.39, 0.29) is 11.4 Å². The molecule has 1 heterocycles. The van der Waals surface area contributed by atoms with Crippen LogP contribution in [0.2, 0.25) is 10.0 Å². The molecule has 1 fully saturated rings. The highest BCUT2D eigenvalue weighted by atomic mass is 35.5. The molecule has 2 aromatic carbocycles. The van der Waals surface area contributed by atoms with Gasteiger partial charge in [-0.3, -0.25) is 0 Å². The fourth-order valence-corrected chi connectivity index (χ4v) is 5.16. The molecular formula is C18H19Cl2NO4S. The minimum Gasteiger partial charge on any atom is -0.497 e. The quantitative estimate of drug-likeness (QED) is 0.754. The van der Waals surface area contributed by atoms with Crippen LogP contribution in [0.25, 0.3) is 0 Å². The Morgan fingerprint density at radius 3 is 2.46 bits per heavy atom. The number of hydrogen-bond donors (Lipinski definition) is 0. The van der Waals surface area contributed by atoms with Gasteiger partial charge in [0, 0.05) is 23.1 Å². The van der Waals surface area contributed by atoms with Crippen molar-refractivity contribution >= 4 is 33.2 Å². The monoisotopic (exact) mass is 415 g/mol. The molecular weight excluding hydrogens is 397 g/mol. The Labute approximate surface area is 163 Å². The van der Waals surface area contributed by atoms with E-state index in [2.05, 4.69) is 0 Å². The maximum absolute atomic E-state index is 13.1. The van der Waals surface area contributed by atoms with Gasteiger partial charge in [-0.15, -0.1) is 0 Å². The third-order valence-electron chi connectivity index (χ3n) is 4.29. The molecule has 26 heavy (non-hydrogen) atoms. The average molecular weight is 416 g/mol. The third kappa shape index (κ3) is 4.00. The summed E-state index contributed by atoms with van der Waals surface area (Å²) in [6.45, 7) is 2.54. The van der Waals surface area contributed by atoms with Gasteiger partial charge in [0.2, 0.25) is 10.0 Å². The second-order valence-corrected chi connectivity index (χ2v) is 8.84. The van der Waals surface area contributed by atoms with Gasteiger partial charge in [0.25, 0.3) is 0 Å². The summed E-state index contributed by atoms with van der Waals surface area (Å²) in [6.07, 6.45) is -0.423. The van der Waals surface area contributed by atoms with Gasteiger partial charge in [-0.25, -0.2) is 8.42 Å². The zero-order chi connectivity index (χ0) is 18.9. The number of benzene rings is 2. The highest BCUT2D eigenvalue weighted by molar-refractivity contribution is 7.89. The Hall–Kier alpha value is -1.31. The van der Waals surface area contributed by atoms with Crippen molar-refractivity contribution in [2.45, 2.75) is 17.9 Å². The molecule has 2 aromatic rings. The molecule has 3 rings (SSSR count). The second-order valence-electron chi connectivity index (χ2n) is 6.06. The first-order valence-corrected chi connectivity index (χ1v) is 10.2. The van der Waals surface area contributed by atoms with Crippen molar-refractivity contribution < 1.29 is 17.9 Å². The van der Waals surface area contributed by atoms with E-state index in [1.165, 1.54) is 4.31 Å².